The van der Waals surface area contributed by atoms with Crippen molar-refractivity contribution in [1.82, 2.24) is 4.90 Å². The first kappa shape index (κ1) is 11.0. The molecule has 2 aliphatic carbocycles. The van der Waals surface area contributed by atoms with Gasteiger partial charge in [-0.25, -0.2) is 0 Å². The van der Waals surface area contributed by atoms with Gasteiger partial charge in [0.25, 0.3) is 0 Å². The summed E-state index contributed by atoms with van der Waals surface area (Å²) in [5.74, 6) is 4.02. The molecule has 4 atom stereocenters. The Kier molecular flexibility index (Phi) is 3.38. The molecule has 0 spiro atoms. The summed E-state index contributed by atoms with van der Waals surface area (Å²) < 4.78 is 0. The third kappa shape index (κ3) is 2.99. The van der Waals surface area contributed by atoms with Gasteiger partial charge in [-0.2, -0.15) is 0 Å². The molecule has 15 heavy (non-hydrogen) atoms. The van der Waals surface area contributed by atoms with Crippen molar-refractivity contribution >= 4 is 0 Å². The third-order valence-corrected chi connectivity index (χ3v) is 4.20. The molecule has 0 aromatic heterocycles. The fraction of sp³-hybridized carbons (Fsp3) is 0.857. The summed E-state index contributed by atoms with van der Waals surface area (Å²) in [5, 5.41) is 0. The van der Waals surface area contributed by atoms with Crippen LogP contribution in [0.3, 0.4) is 0 Å². The summed E-state index contributed by atoms with van der Waals surface area (Å²) in [5.41, 5.74) is 0. The number of allylic oxidation sites excluding steroid dienone is 1. The molecule has 0 saturated heterocycles. The van der Waals surface area contributed by atoms with Crippen molar-refractivity contribution in [3.63, 3.8) is 0 Å². The summed E-state index contributed by atoms with van der Waals surface area (Å²) in [6, 6.07) is 0. The standard InChI is InChI=1S/C14H25N/c1-11-5-4-6-12(7-8-15(2)3)9-13-10-14(11)13/h7-8,11-14H,4-6,9-10H2,1-3H3/b8-7-. The highest BCUT2D eigenvalue weighted by Crippen LogP contribution is 2.51. The molecular weight excluding hydrogens is 182 g/mol. The number of nitrogens with zero attached hydrogens (tertiary/aromatic N) is 1. The summed E-state index contributed by atoms with van der Waals surface area (Å²) in [6.45, 7) is 2.46. The lowest BCUT2D eigenvalue weighted by atomic mass is 9.87. The zero-order chi connectivity index (χ0) is 10.8. The van der Waals surface area contributed by atoms with Gasteiger partial charge < -0.3 is 4.90 Å². The minimum absolute atomic E-state index is 0.856. The fourth-order valence-corrected chi connectivity index (χ4v) is 3.13. The molecule has 86 valence electrons. The lowest BCUT2D eigenvalue weighted by Gasteiger charge is -2.20. The molecule has 2 saturated carbocycles. The van der Waals surface area contributed by atoms with Crippen LogP contribution >= 0.6 is 0 Å². The smallest absolute Gasteiger partial charge is 0.00555 e. The molecule has 2 fully saturated rings. The van der Waals surface area contributed by atoms with E-state index < -0.39 is 0 Å². The van der Waals surface area contributed by atoms with Gasteiger partial charge in [-0.15, -0.1) is 0 Å². The van der Waals surface area contributed by atoms with Crippen LogP contribution in [0.5, 0.6) is 0 Å². The SMILES string of the molecule is CC1CCCC(/C=C\N(C)C)CC2CC12. The quantitative estimate of drug-likeness (QED) is 0.669. The van der Waals surface area contributed by atoms with Crippen molar-refractivity contribution in [2.45, 2.75) is 39.0 Å². The summed E-state index contributed by atoms with van der Waals surface area (Å²) in [4.78, 5) is 2.16. The Morgan fingerprint density at radius 2 is 1.93 bits per heavy atom. The molecule has 1 heteroatoms. The van der Waals surface area contributed by atoms with Gasteiger partial charge in [0.05, 0.1) is 0 Å². The molecule has 0 aromatic carbocycles. The van der Waals surface area contributed by atoms with Gasteiger partial charge in [0.2, 0.25) is 0 Å². The van der Waals surface area contributed by atoms with Crippen molar-refractivity contribution in [2.24, 2.45) is 23.7 Å². The predicted molar refractivity (Wildman–Crippen MR) is 65.5 cm³/mol. The maximum absolute atomic E-state index is 2.46. The second-order valence-corrected chi connectivity index (χ2v) is 5.87. The van der Waals surface area contributed by atoms with Crippen molar-refractivity contribution in [1.29, 1.82) is 0 Å². The second kappa shape index (κ2) is 4.59. The van der Waals surface area contributed by atoms with E-state index in [0.717, 1.165) is 23.7 Å². The van der Waals surface area contributed by atoms with Crippen molar-refractivity contribution in [3.05, 3.63) is 12.3 Å². The maximum Gasteiger partial charge on any atom is 0.00555 e. The van der Waals surface area contributed by atoms with E-state index >= 15 is 0 Å². The number of hydrogen-bond donors (Lipinski definition) is 0. The topological polar surface area (TPSA) is 3.24 Å². The van der Waals surface area contributed by atoms with Gasteiger partial charge in [-0.1, -0.05) is 25.8 Å². The van der Waals surface area contributed by atoms with Crippen molar-refractivity contribution in [2.75, 3.05) is 14.1 Å². The van der Waals surface area contributed by atoms with Crippen LogP contribution in [-0.4, -0.2) is 19.0 Å². The minimum atomic E-state index is 0.856. The largest absolute Gasteiger partial charge is 0.384 e. The molecule has 1 nitrogen and oxygen atoms in total. The Hall–Kier alpha value is -0.460. The zero-order valence-corrected chi connectivity index (χ0v) is 10.4. The Labute approximate surface area is 94.5 Å². The van der Waals surface area contributed by atoms with Crippen molar-refractivity contribution in [3.8, 4) is 0 Å². The van der Waals surface area contributed by atoms with Crippen LogP contribution in [0.15, 0.2) is 12.3 Å². The minimum Gasteiger partial charge on any atom is -0.384 e. The molecule has 2 rings (SSSR count). The van der Waals surface area contributed by atoms with E-state index in [1.54, 1.807) is 0 Å². The van der Waals surface area contributed by atoms with Gasteiger partial charge in [0.15, 0.2) is 0 Å². The van der Waals surface area contributed by atoms with E-state index in [0.29, 0.717) is 0 Å². The molecule has 0 heterocycles. The van der Waals surface area contributed by atoms with Gasteiger partial charge in [-0.3, -0.25) is 0 Å². The number of rotatable bonds is 2. The van der Waals surface area contributed by atoms with Crippen LogP contribution in [0, 0.1) is 23.7 Å². The molecule has 2 aliphatic rings. The molecule has 0 aromatic rings. The van der Waals surface area contributed by atoms with Gasteiger partial charge in [0, 0.05) is 14.1 Å². The fourth-order valence-electron chi connectivity index (χ4n) is 3.13. The Balaban J connectivity index is 1.86. The lowest BCUT2D eigenvalue weighted by molar-refractivity contribution is 0.346. The average molecular weight is 207 g/mol. The predicted octanol–water partition coefficient (Wildman–Crippen LogP) is 3.52. The summed E-state index contributed by atoms with van der Waals surface area (Å²) in [7, 11) is 4.23. The molecule has 0 bridgehead atoms. The monoisotopic (exact) mass is 207 g/mol. The Bertz CT molecular complexity index is 231. The first-order chi connectivity index (χ1) is 7.16. The lowest BCUT2D eigenvalue weighted by Crippen LogP contribution is -2.09. The molecule has 4 unspecified atom stereocenters. The number of fused-ring (bicyclic) bond motifs is 1. The molecule has 0 aliphatic heterocycles. The van der Waals surface area contributed by atoms with E-state index in [-0.39, 0.29) is 0 Å². The molecule has 0 N–H and O–H groups in total. The second-order valence-electron chi connectivity index (χ2n) is 5.87. The van der Waals surface area contributed by atoms with Crippen LogP contribution in [-0.2, 0) is 0 Å². The maximum atomic E-state index is 2.46. The molecule has 0 radical (unpaired) electrons. The van der Waals surface area contributed by atoms with Gasteiger partial charge in [0.1, 0.15) is 0 Å². The Morgan fingerprint density at radius 1 is 1.13 bits per heavy atom. The average Bonchev–Trinajstić information content (AvgIpc) is 2.90. The van der Waals surface area contributed by atoms with Gasteiger partial charge >= 0.3 is 0 Å². The van der Waals surface area contributed by atoms with Crippen molar-refractivity contribution < 1.29 is 0 Å². The first-order valence-electron chi connectivity index (χ1n) is 6.51. The van der Waals surface area contributed by atoms with Crippen LogP contribution < -0.4 is 0 Å². The van der Waals surface area contributed by atoms with E-state index in [9.17, 15) is 0 Å². The first-order valence-corrected chi connectivity index (χ1v) is 6.51. The van der Waals surface area contributed by atoms with E-state index in [1.165, 1.54) is 32.1 Å². The van der Waals surface area contributed by atoms with Crippen LogP contribution in [0.2, 0.25) is 0 Å². The molecular formula is C14H25N. The van der Waals surface area contributed by atoms with E-state index in [4.69, 9.17) is 0 Å². The third-order valence-electron chi connectivity index (χ3n) is 4.20. The van der Waals surface area contributed by atoms with Crippen LogP contribution in [0.1, 0.15) is 39.0 Å². The zero-order valence-electron chi connectivity index (χ0n) is 10.4. The highest BCUT2D eigenvalue weighted by molar-refractivity contribution is 4.97. The van der Waals surface area contributed by atoms with Crippen LogP contribution in [0.4, 0.5) is 0 Å². The molecule has 0 amide bonds. The van der Waals surface area contributed by atoms with Crippen LogP contribution in [0.25, 0.3) is 0 Å². The van der Waals surface area contributed by atoms with E-state index in [1.807, 2.05) is 0 Å². The van der Waals surface area contributed by atoms with E-state index in [2.05, 4.69) is 38.2 Å². The highest BCUT2D eigenvalue weighted by atomic mass is 15.0. The Morgan fingerprint density at radius 3 is 2.67 bits per heavy atom. The summed E-state index contributed by atoms with van der Waals surface area (Å²) >= 11 is 0. The highest BCUT2D eigenvalue weighted by Gasteiger charge is 2.42. The van der Waals surface area contributed by atoms with Gasteiger partial charge in [-0.05, 0) is 49.1 Å². The number of hydrogen-bond acceptors (Lipinski definition) is 1. The normalized spacial score (nSPS) is 40.7. The summed E-state index contributed by atoms with van der Waals surface area (Å²) in [6.07, 6.45) is 12.0.